The molecule has 0 bridgehead atoms. The highest BCUT2D eigenvalue weighted by atomic mass is 14.9. The lowest BCUT2D eigenvalue weighted by Crippen LogP contribution is -2.16. The second-order valence-corrected chi connectivity index (χ2v) is 3.78. The van der Waals surface area contributed by atoms with Gasteiger partial charge in [0.2, 0.25) is 0 Å². The Morgan fingerprint density at radius 1 is 1.43 bits per heavy atom. The molecule has 2 heteroatoms. The van der Waals surface area contributed by atoms with Crippen molar-refractivity contribution in [2.45, 2.75) is 39.2 Å². The number of aromatic nitrogens is 1. The summed E-state index contributed by atoms with van der Waals surface area (Å²) in [5, 5.41) is 3.34. The average Bonchev–Trinajstić information content (AvgIpc) is 2.19. The number of pyridine rings is 1. The summed E-state index contributed by atoms with van der Waals surface area (Å²) in [6.45, 7) is 4.31. The van der Waals surface area contributed by atoms with Crippen LogP contribution in [0, 0.1) is 6.92 Å². The molecule has 0 saturated carbocycles. The molecule has 0 aliphatic carbocycles. The van der Waals surface area contributed by atoms with Gasteiger partial charge in [-0.2, -0.15) is 0 Å². The number of unbranched alkanes of at least 4 members (excludes halogenated alkanes) is 1. The molecule has 14 heavy (non-hydrogen) atoms. The first-order valence-corrected chi connectivity index (χ1v) is 5.36. The number of nitrogens with one attached hydrogen (secondary N) is 1. The molecule has 0 spiro atoms. The summed E-state index contributed by atoms with van der Waals surface area (Å²) < 4.78 is 0. The molecular formula is C12H20N2. The molecule has 0 aliphatic heterocycles. The lowest BCUT2D eigenvalue weighted by molar-refractivity contribution is 0.521. The van der Waals surface area contributed by atoms with Gasteiger partial charge in [0, 0.05) is 18.4 Å². The van der Waals surface area contributed by atoms with Gasteiger partial charge < -0.3 is 5.32 Å². The lowest BCUT2D eigenvalue weighted by atomic mass is 10.0. The average molecular weight is 192 g/mol. The van der Waals surface area contributed by atoms with E-state index in [0.717, 1.165) is 0 Å². The highest BCUT2D eigenvalue weighted by Crippen LogP contribution is 2.18. The maximum absolute atomic E-state index is 4.22. The van der Waals surface area contributed by atoms with Crippen molar-refractivity contribution < 1.29 is 0 Å². The third-order valence-electron chi connectivity index (χ3n) is 2.49. The smallest absolute Gasteiger partial charge is 0.0332 e. The molecule has 1 aromatic heterocycles. The maximum Gasteiger partial charge on any atom is 0.0332 e. The molecule has 2 nitrogen and oxygen atoms in total. The van der Waals surface area contributed by atoms with Crippen molar-refractivity contribution in [3.05, 3.63) is 29.6 Å². The number of hydrogen-bond donors (Lipinski definition) is 1. The molecule has 0 fully saturated rings. The SMILES string of the molecule is CCCCC(NC)c1cncc(C)c1. The standard InChI is InChI=1S/C12H20N2/c1-4-5-6-12(13-3)11-7-10(2)8-14-9-11/h7-9,12-13H,4-6H2,1-3H3. The summed E-state index contributed by atoms with van der Waals surface area (Å²) in [5.41, 5.74) is 2.54. The zero-order valence-corrected chi connectivity index (χ0v) is 9.38. The summed E-state index contributed by atoms with van der Waals surface area (Å²) >= 11 is 0. The zero-order chi connectivity index (χ0) is 10.4. The van der Waals surface area contributed by atoms with Gasteiger partial charge in [0.15, 0.2) is 0 Å². The normalized spacial score (nSPS) is 12.8. The predicted octanol–water partition coefficient (Wildman–Crippen LogP) is 2.84. The van der Waals surface area contributed by atoms with Gasteiger partial charge in [-0.15, -0.1) is 0 Å². The van der Waals surface area contributed by atoms with E-state index in [1.165, 1.54) is 30.4 Å². The van der Waals surface area contributed by atoms with Gasteiger partial charge in [-0.3, -0.25) is 4.98 Å². The van der Waals surface area contributed by atoms with E-state index in [2.05, 4.69) is 30.2 Å². The van der Waals surface area contributed by atoms with Crippen molar-refractivity contribution in [1.82, 2.24) is 10.3 Å². The Hall–Kier alpha value is -0.890. The second kappa shape index (κ2) is 5.76. The van der Waals surface area contributed by atoms with Crippen molar-refractivity contribution in [3.63, 3.8) is 0 Å². The Kier molecular flexibility index (Phi) is 4.60. The summed E-state index contributed by atoms with van der Waals surface area (Å²) in [7, 11) is 2.02. The maximum atomic E-state index is 4.22. The topological polar surface area (TPSA) is 24.9 Å². The summed E-state index contributed by atoms with van der Waals surface area (Å²) in [4.78, 5) is 4.22. The van der Waals surface area contributed by atoms with Gasteiger partial charge >= 0.3 is 0 Å². The number of aryl methyl sites for hydroxylation is 1. The van der Waals surface area contributed by atoms with Crippen LogP contribution in [0.4, 0.5) is 0 Å². The molecular weight excluding hydrogens is 172 g/mol. The highest BCUT2D eigenvalue weighted by Gasteiger charge is 2.08. The molecule has 1 unspecified atom stereocenters. The van der Waals surface area contributed by atoms with Crippen molar-refractivity contribution in [2.24, 2.45) is 0 Å². The molecule has 1 rings (SSSR count). The summed E-state index contributed by atoms with van der Waals surface area (Å²) in [6.07, 6.45) is 7.56. The Balaban J connectivity index is 2.68. The summed E-state index contributed by atoms with van der Waals surface area (Å²) in [5.74, 6) is 0. The molecule has 1 atom stereocenters. The van der Waals surface area contributed by atoms with Crippen LogP contribution in [0.3, 0.4) is 0 Å². The largest absolute Gasteiger partial charge is 0.313 e. The fourth-order valence-corrected chi connectivity index (χ4v) is 1.65. The van der Waals surface area contributed by atoms with Crippen LogP contribution in [-0.4, -0.2) is 12.0 Å². The van der Waals surface area contributed by atoms with Gasteiger partial charge in [0.05, 0.1) is 0 Å². The van der Waals surface area contributed by atoms with Crippen molar-refractivity contribution >= 4 is 0 Å². The van der Waals surface area contributed by atoms with Crippen LogP contribution >= 0.6 is 0 Å². The first kappa shape index (κ1) is 11.2. The minimum absolute atomic E-state index is 0.461. The van der Waals surface area contributed by atoms with Crippen LogP contribution in [0.15, 0.2) is 18.5 Å². The minimum atomic E-state index is 0.461. The van der Waals surface area contributed by atoms with Crippen LogP contribution in [0.2, 0.25) is 0 Å². The van der Waals surface area contributed by atoms with Crippen molar-refractivity contribution in [1.29, 1.82) is 0 Å². The first-order chi connectivity index (χ1) is 6.77. The molecule has 0 radical (unpaired) electrons. The first-order valence-electron chi connectivity index (χ1n) is 5.36. The van der Waals surface area contributed by atoms with E-state index < -0.39 is 0 Å². The number of hydrogen-bond acceptors (Lipinski definition) is 2. The van der Waals surface area contributed by atoms with Crippen molar-refractivity contribution in [2.75, 3.05) is 7.05 Å². The Bertz CT molecular complexity index is 271. The van der Waals surface area contributed by atoms with E-state index in [1.807, 2.05) is 19.4 Å². The Morgan fingerprint density at radius 3 is 2.79 bits per heavy atom. The van der Waals surface area contributed by atoms with E-state index in [1.54, 1.807) is 0 Å². The third-order valence-corrected chi connectivity index (χ3v) is 2.49. The number of nitrogens with zero attached hydrogens (tertiary/aromatic N) is 1. The Labute approximate surface area is 86.8 Å². The molecule has 78 valence electrons. The molecule has 1 heterocycles. The highest BCUT2D eigenvalue weighted by molar-refractivity contribution is 5.19. The lowest BCUT2D eigenvalue weighted by Gasteiger charge is -2.16. The van der Waals surface area contributed by atoms with Crippen molar-refractivity contribution in [3.8, 4) is 0 Å². The molecule has 0 aliphatic rings. The zero-order valence-electron chi connectivity index (χ0n) is 9.38. The van der Waals surface area contributed by atoms with Crippen LogP contribution < -0.4 is 5.32 Å². The van der Waals surface area contributed by atoms with Gasteiger partial charge in [-0.05, 0) is 31.5 Å². The number of rotatable bonds is 5. The minimum Gasteiger partial charge on any atom is -0.313 e. The van der Waals surface area contributed by atoms with E-state index in [9.17, 15) is 0 Å². The second-order valence-electron chi connectivity index (χ2n) is 3.78. The van der Waals surface area contributed by atoms with E-state index in [0.29, 0.717) is 6.04 Å². The fourth-order valence-electron chi connectivity index (χ4n) is 1.65. The third kappa shape index (κ3) is 3.11. The van der Waals surface area contributed by atoms with Crippen LogP contribution in [0.5, 0.6) is 0 Å². The van der Waals surface area contributed by atoms with Crippen LogP contribution in [-0.2, 0) is 0 Å². The monoisotopic (exact) mass is 192 g/mol. The van der Waals surface area contributed by atoms with E-state index in [4.69, 9.17) is 0 Å². The molecule has 0 saturated heterocycles. The van der Waals surface area contributed by atoms with E-state index in [-0.39, 0.29) is 0 Å². The molecule has 0 aromatic carbocycles. The quantitative estimate of drug-likeness (QED) is 0.776. The fraction of sp³-hybridized carbons (Fsp3) is 0.583. The van der Waals surface area contributed by atoms with Crippen LogP contribution in [0.1, 0.15) is 43.4 Å². The molecule has 1 aromatic rings. The summed E-state index contributed by atoms with van der Waals surface area (Å²) in [6, 6.07) is 2.67. The van der Waals surface area contributed by atoms with Gasteiger partial charge in [-0.1, -0.05) is 25.8 Å². The molecule has 0 amide bonds. The van der Waals surface area contributed by atoms with E-state index >= 15 is 0 Å². The van der Waals surface area contributed by atoms with Crippen LogP contribution in [0.25, 0.3) is 0 Å². The van der Waals surface area contributed by atoms with Gasteiger partial charge in [0.25, 0.3) is 0 Å². The van der Waals surface area contributed by atoms with Gasteiger partial charge in [0.1, 0.15) is 0 Å². The van der Waals surface area contributed by atoms with Gasteiger partial charge in [-0.25, -0.2) is 0 Å². The molecule has 1 N–H and O–H groups in total. The Morgan fingerprint density at radius 2 is 2.21 bits per heavy atom. The predicted molar refractivity (Wildman–Crippen MR) is 60.3 cm³/mol.